The molecule has 140 valence electrons. The molecule has 0 saturated carbocycles. The summed E-state index contributed by atoms with van der Waals surface area (Å²) < 4.78 is 15.7. The van der Waals surface area contributed by atoms with E-state index in [4.69, 9.17) is 25.5 Å². The number of ether oxygens (including phenoxy) is 2. The van der Waals surface area contributed by atoms with E-state index in [9.17, 15) is 9.59 Å². The molecule has 6 nitrogen and oxygen atoms in total. The summed E-state index contributed by atoms with van der Waals surface area (Å²) in [4.78, 5) is 27.6. The zero-order valence-electron chi connectivity index (χ0n) is 14.6. The molecular weight excluding hydrogens is 382 g/mol. The minimum Gasteiger partial charge on any atom is -0.482 e. The van der Waals surface area contributed by atoms with Gasteiger partial charge in [0.1, 0.15) is 23.1 Å². The van der Waals surface area contributed by atoms with Gasteiger partial charge in [-0.1, -0.05) is 29.8 Å². The zero-order valence-corrected chi connectivity index (χ0v) is 15.3. The molecule has 2 heterocycles. The number of carbonyl (C=O) groups excluding carboxylic acids is 1. The van der Waals surface area contributed by atoms with Crippen LogP contribution in [0.25, 0.3) is 21.9 Å². The highest BCUT2D eigenvalue weighted by molar-refractivity contribution is 6.30. The van der Waals surface area contributed by atoms with Crippen LogP contribution in [0, 0.1) is 0 Å². The fourth-order valence-electron chi connectivity index (χ4n) is 2.71. The number of pyridine rings is 1. The van der Waals surface area contributed by atoms with Crippen molar-refractivity contribution >= 4 is 39.4 Å². The predicted octanol–water partition coefficient (Wildman–Crippen LogP) is 4.12. The number of esters is 1. The number of para-hydroxylation sites is 1. The Labute approximate surface area is 164 Å². The molecule has 0 spiro atoms. The molecule has 2 aromatic heterocycles. The average Bonchev–Trinajstić information content (AvgIpc) is 2.70. The summed E-state index contributed by atoms with van der Waals surface area (Å²) in [6, 6.07) is 17.3. The highest BCUT2D eigenvalue weighted by Crippen LogP contribution is 2.22. The number of hydrogen-bond acceptors (Lipinski definition) is 6. The third-order valence-corrected chi connectivity index (χ3v) is 4.42. The van der Waals surface area contributed by atoms with Gasteiger partial charge in [0.25, 0.3) is 0 Å². The first-order valence-electron chi connectivity index (χ1n) is 8.45. The minimum absolute atomic E-state index is 0.00848. The lowest BCUT2D eigenvalue weighted by molar-refractivity contribution is -0.147. The number of carbonyl (C=O) groups is 1. The van der Waals surface area contributed by atoms with E-state index < -0.39 is 11.6 Å². The molecule has 0 bridgehead atoms. The smallest absolute Gasteiger partial charge is 0.344 e. The van der Waals surface area contributed by atoms with Gasteiger partial charge in [-0.2, -0.15) is 0 Å². The van der Waals surface area contributed by atoms with E-state index in [0.717, 1.165) is 16.3 Å². The number of rotatable bonds is 5. The Kier molecular flexibility index (Phi) is 4.95. The molecule has 0 fully saturated rings. The van der Waals surface area contributed by atoms with Crippen LogP contribution in [0.1, 0.15) is 5.56 Å². The molecule has 2 aromatic carbocycles. The quantitative estimate of drug-likeness (QED) is 0.287. The fourth-order valence-corrected chi connectivity index (χ4v) is 2.91. The Morgan fingerprint density at radius 2 is 1.86 bits per heavy atom. The van der Waals surface area contributed by atoms with Gasteiger partial charge in [-0.15, -0.1) is 0 Å². The Bertz CT molecular complexity index is 1230. The maximum absolute atomic E-state index is 12.0. The van der Waals surface area contributed by atoms with E-state index in [0.29, 0.717) is 16.9 Å². The topological polar surface area (TPSA) is 78.6 Å². The molecule has 0 aliphatic rings. The summed E-state index contributed by atoms with van der Waals surface area (Å²) in [6.07, 6.45) is 0. The van der Waals surface area contributed by atoms with E-state index in [1.54, 1.807) is 24.3 Å². The second kappa shape index (κ2) is 7.70. The van der Waals surface area contributed by atoms with Crippen molar-refractivity contribution in [2.24, 2.45) is 0 Å². The van der Waals surface area contributed by atoms with Gasteiger partial charge in [0, 0.05) is 28.5 Å². The Morgan fingerprint density at radius 1 is 1.04 bits per heavy atom. The van der Waals surface area contributed by atoms with Gasteiger partial charge >= 0.3 is 11.6 Å². The first-order valence-corrected chi connectivity index (χ1v) is 8.83. The zero-order chi connectivity index (χ0) is 19.5. The van der Waals surface area contributed by atoms with E-state index in [2.05, 4.69) is 4.98 Å². The van der Waals surface area contributed by atoms with Crippen molar-refractivity contribution in [3.05, 3.63) is 81.8 Å². The summed E-state index contributed by atoms with van der Waals surface area (Å²) in [5.41, 5.74) is 1.31. The van der Waals surface area contributed by atoms with Crippen molar-refractivity contribution < 1.29 is 18.7 Å². The van der Waals surface area contributed by atoms with Crippen molar-refractivity contribution in [1.82, 2.24) is 4.98 Å². The molecule has 4 aromatic rings. The van der Waals surface area contributed by atoms with Gasteiger partial charge in [0.05, 0.1) is 5.52 Å². The van der Waals surface area contributed by atoms with Gasteiger partial charge in [-0.25, -0.2) is 14.6 Å². The largest absolute Gasteiger partial charge is 0.482 e. The van der Waals surface area contributed by atoms with Crippen molar-refractivity contribution in [1.29, 1.82) is 0 Å². The van der Waals surface area contributed by atoms with Crippen molar-refractivity contribution in [3.8, 4) is 5.75 Å². The van der Waals surface area contributed by atoms with Crippen LogP contribution in [0.15, 0.2) is 69.9 Å². The maximum Gasteiger partial charge on any atom is 0.344 e. The Morgan fingerprint density at radius 3 is 2.75 bits per heavy atom. The molecule has 0 aliphatic heterocycles. The number of benzene rings is 2. The average molecular weight is 396 g/mol. The summed E-state index contributed by atoms with van der Waals surface area (Å²) >= 11 is 6.16. The molecule has 4 rings (SSSR count). The molecule has 0 aliphatic carbocycles. The number of halogens is 1. The number of nitrogens with zero attached hydrogens (tertiary/aromatic N) is 1. The lowest BCUT2D eigenvalue weighted by atomic mass is 10.2. The second-order valence-corrected chi connectivity index (χ2v) is 6.39. The fraction of sp³-hybridized carbons (Fsp3) is 0.0952. The molecule has 0 atom stereocenters. The van der Waals surface area contributed by atoms with Gasteiger partial charge in [0.2, 0.25) is 0 Å². The third-order valence-electron chi connectivity index (χ3n) is 4.09. The van der Waals surface area contributed by atoms with Crippen LogP contribution >= 0.6 is 11.6 Å². The molecule has 0 unspecified atom stereocenters. The summed E-state index contributed by atoms with van der Waals surface area (Å²) in [5, 5.41) is 1.96. The molecule has 0 saturated heterocycles. The van der Waals surface area contributed by atoms with Crippen LogP contribution in [-0.4, -0.2) is 17.6 Å². The van der Waals surface area contributed by atoms with E-state index in [1.807, 2.05) is 30.3 Å². The molecule has 0 amide bonds. The molecule has 7 heteroatoms. The van der Waals surface area contributed by atoms with Crippen molar-refractivity contribution in [2.75, 3.05) is 6.61 Å². The SMILES string of the molecule is O=C(COc1ccc2ccc(=O)oc2c1)OCc1cc2ccccc2nc1Cl. The highest BCUT2D eigenvalue weighted by Gasteiger charge is 2.10. The van der Waals surface area contributed by atoms with Crippen LogP contribution < -0.4 is 10.4 Å². The van der Waals surface area contributed by atoms with Crippen LogP contribution in [0.4, 0.5) is 0 Å². The van der Waals surface area contributed by atoms with Gasteiger partial charge < -0.3 is 13.9 Å². The molecule has 0 radical (unpaired) electrons. The molecule has 0 N–H and O–H groups in total. The van der Waals surface area contributed by atoms with Crippen LogP contribution in [0.5, 0.6) is 5.75 Å². The van der Waals surface area contributed by atoms with E-state index in [1.165, 1.54) is 6.07 Å². The first kappa shape index (κ1) is 18.0. The monoisotopic (exact) mass is 395 g/mol. The van der Waals surface area contributed by atoms with Crippen molar-refractivity contribution in [2.45, 2.75) is 6.61 Å². The third kappa shape index (κ3) is 3.97. The minimum atomic E-state index is -0.557. The summed E-state index contributed by atoms with van der Waals surface area (Å²) in [7, 11) is 0. The van der Waals surface area contributed by atoms with Crippen molar-refractivity contribution in [3.63, 3.8) is 0 Å². The number of hydrogen-bond donors (Lipinski definition) is 0. The molecule has 28 heavy (non-hydrogen) atoms. The van der Waals surface area contributed by atoms with E-state index >= 15 is 0 Å². The van der Waals surface area contributed by atoms with Crippen LogP contribution in [-0.2, 0) is 16.1 Å². The number of fused-ring (bicyclic) bond motifs is 2. The maximum atomic E-state index is 12.0. The normalized spacial score (nSPS) is 10.9. The van der Waals surface area contributed by atoms with Crippen LogP contribution in [0.3, 0.4) is 0 Å². The predicted molar refractivity (Wildman–Crippen MR) is 105 cm³/mol. The van der Waals surface area contributed by atoms with Gasteiger partial charge in [0.15, 0.2) is 6.61 Å². The summed E-state index contributed by atoms with van der Waals surface area (Å²) in [6.45, 7) is -0.299. The summed E-state index contributed by atoms with van der Waals surface area (Å²) in [5.74, 6) is -0.164. The van der Waals surface area contributed by atoms with Crippen LogP contribution in [0.2, 0.25) is 5.15 Å². The highest BCUT2D eigenvalue weighted by atomic mass is 35.5. The Hall–Kier alpha value is -3.38. The van der Waals surface area contributed by atoms with Gasteiger partial charge in [-0.05, 0) is 30.3 Å². The first-order chi connectivity index (χ1) is 13.6. The molecular formula is C21H14ClNO5. The van der Waals surface area contributed by atoms with Gasteiger partial charge in [-0.3, -0.25) is 0 Å². The standard InChI is InChI=1S/C21H14ClNO5/c22-21-15(9-14-3-1-2-4-17(14)23-21)11-27-20(25)12-26-16-7-5-13-6-8-19(24)28-18(13)10-16/h1-10H,11-12H2. The second-order valence-electron chi connectivity index (χ2n) is 6.03. The lowest BCUT2D eigenvalue weighted by Crippen LogP contribution is -2.15. The lowest BCUT2D eigenvalue weighted by Gasteiger charge is -2.09. The number of aromatic nitrogens is 1. The van der Waals surface area contributed by atoms with E-state index in [-0.39, 0.29) is 18.4 Å². The Balaban J connectivity index is 1.38.